The number of carboxylic acid groups (broad SMARTS) is 1. The van der Waals surface area contributed by atoms with E-state index in [0.29, 0.717) is 5.39 Å². The van der Waals surface area contributed by atoms with Crippen LogP contribution >= 0.6 is 23.6 Å². The Morgan fingerprint density at radius 3 is 1.77 bits per heavy atom. The molecule has 0 radical (unpaired) electrons. The van der Waals surface area contributed by atoms with E-state index in [2.05, 4.69) is 75.0 Å². The van der Waals surface area contributed by atoms with Gasteiger partial charge in [0.2, 0.25) is 27.6 Å². The van der Waals surface area contributed by atoms with Gasteiger partial charge in [-0.05, 0) is 118 Å². The first kappa shape index (κ1) is 71.2. The number of benzene rings is 5. The molecule has 3 aromatic heterocycles. The molecule has 5 aromatic carbocycles. The average Bonchev–Trinajstić information content (AvgIpc) is 3.37. The van der Waals surface area contributed by atoms with E-state index in [1.807, 2.05) is 0 Å². The maximum Gasteiger partial charge on any atom is 1.00 e. The minimum atomic E-state index is -5.32. The molecule has 83 heavy (non-hydrogen) atoms. The van der Waals surface area contributed by atoms with Gasteiger partial charge in [0.1, 0.15) is 31.6 Å². The topological polar surface area (TPSA) is 471 Å². The van der Waals surface area contributed by atoms with Crippen molar-refractivity contribution in [3.05, 3.63) is 126 Å². The van der Waals surface area contributed by atoms with Gasteiger partial charge in [-0.3, -0.25) is 9.22 Å². The minimum absolute atomic E-state index is 0. The number of hydrogen-bond donors (Lipinski definition) is 5. The molecule has 0 saturated heterocycles. The van der Waals surface area contributed by atoms with E-state index >= 15 is 0 Å². The number of azo groups is 1. The third-order valence-corrected chi connectivity index (χ3v) is 14.8. The van der Waals surface area contributed by atoms with Gasteiger partial charge < -0.3 is 55.2 Å². The molecule has 0 spiro atoms. The van der Waals surface area contributed by atoms with Crippen LogP contribution in [0.2, 0.25) is 5.28 Å². The minimum Gasteiger partial charge on any atom is -0.744 e. The second-order valence-corrected chi connectivity index (χ2v) is 22.4. The summed E-state index contributed by atoms with van der Waals surface area (Å²) in [7, 11) is -19.4. The molecule has 410 valence electrons. The maximum absolute atomic E-state index is 12.7. The number of sulfone groups is 1. The third kappa shape index (κ3) is 19.6. The van der Waals surface area contributed by atoms with Gasteiger partial charge in [-0.1, -0.05) is 12.1 Å². The summed E-state index contributed by atoms with van der Waals surface area (Å²) in [6.45, 7) is -0.933. The van der Waals surface area contributed by atoms with Crippen LogP contribution in [0.3, 0.4) is 0 Å². The SMILES string of the molecule is O=C([O-])c1cc[n+](-c2nc(Nc3ccc(S(=O)(=O)CCOS(=O)(=O)[O-])cc3)nc(Nc3ccc(S(=O)(=O)[O-])c(N=Nc4c(SOO[O-])cc5ccc(Nc6nc(Cl)nc(Nc7cccc(S(=O)(=O)[O-])c7)n6)cc5c4O)c3)n2)cc1.[Na+].[Na+].[Na+].[Na+]. The van der Waals surface area contributed by atoms with Crippen molar-refractivity contribution >= 4 is 139 Å². The van der Waals surface area contributed by atoms with Gasteiger partial charge in [-0.2, -0.15) is 19.3 Å². The molecule has 0 aliphatic heterocycles. The Hall–Kier alpha value is -4.24. The first-order chi connectivity index (χ1) is 37.3. The van der Waals surface area contributed by atoms with Gasteiger partial charge in [0.05, 0.1) is 62.3 Å². The van der Waals surface area contributed by atoms with Crippen molar-refractivity contribution in [2.24, 2.45) is 10.2 Å². The summed E-state index contributed by atoms with van der Waals surface area (Å²) in [5.41, 5.74) is -0.842. The molecule has 41 heteroatoms. The van der Waals surface area contributed by atoms with Crippen LogP contribution in [0.1, 0.15) is 10.4 Å². The number of anilines is 8. The smallest absolute Gasteiger partial charge is 0.744 e. The summed E-state index contributed by atoms with van der Waals surface area (Å²) in [5, 5.41) is 56.8. The fraction of sp³-hybridized carbons (Fsp3) is 0.0476. The first-order valence-corrected chi connectivity index (χ1v) is 28.1. The summed E-state index contributed by atoms with van der Waals surface area (Å²) in [5.74, 6) is -4.02. The van der Waals surface area contributed by atoms with Crippen molar-refractivity contribution in [2.45, 2.75) is 19.6 Å². The first-order valence-electron chi connectivity index (χ1n) is 21.2. The predicted molar refractivity (Wildman–Crippen MR) is 264 cm³/mol. The largest absolute Gasteiger partial charge is 1.00 e. The number of aromatic carboxylic acids is 1. The summed E-state index contributed by atoms with van der Waals surface area (Å²) >= 11 is 6.42. The van der Waals surface area contributed by atoms with Gasteiger partial charge in [0.15, 0.2) is 15.6 Å². The molecule has 0 aliphatic carbocycles. The second kappa shape index (κ2) is 30.4. The number of fused-ring (bicyclic) bond motifs is 1. The molecule has 0 atom stereocenters. The van der Waals surface area contributed by atoms with E-state index in [4.69, 9.17) is 11.6 Å². The normalized spacial score (nSPS) is 11.6. The van der Waals surface area contributed by atoms with Crippen molar-refractivity contribution in [3.8, 4) is 11.7 Å². The zero-order chi connectivity index (χ0) is 56.9. The Bertz CT molecular complexity index is 4200. The quantitative estimate of drug-likeness (QED) is 0.00615. The van der Waals surface area contributed by atoms with Crippen molar-refractivity contribution < 1.29 is 204 Å². The zero-order valence-electron chi connectivity index (χ0n) is 42.7. The summed E-state index contributed by atoms with van der Waals surface area (Å²) in [6, 6.07) is 20.8. The number of carboxylic acids is 1. The predicted octanol–water partition coefficient (Wildman–Crippen LogP) is -9.10. The number of aromatic hydroxyl groups is 1. The zero-order valence-corrected chi connectivity index (χ0v) is 55.6. The van der Waals surface area contributed by atoms with Gasteiger partial charge in [0, 0.05) is 33.7 Å². The molecule has 31 nitrogen and oxygen atoms in total. The van der Waals surface area contributed by atoms with Gasteiger partial charge in [0.25, 0.3) is 0 Å². The summed E-state index contributed by atoms with van der Waals surface area (Å²) in [6.07, 6.45) is 2.53. The van der Waals surface area contributed by atoms with E-state index in [-0.39, 0.29) is 209 Å². The number of nitrogens with one attached hydrogen (secondary N) is 4. The van der Waals surface area contributed by atoms with Gasteiger partial charge >= 0.3 is 136 Å². The van der Waals surface area contributed by atoms with E-state index in [0.717, 1.165) is 42.5 Å². The molecule has 0 aliphatic rings. The molecule has 0 saturated carbocycles. The Balaban J connectivity index is 0.00000370. The standard InChI is InChI=1S/C42H32ClN13O18S5.4Na/c43-37-48-38(45-25-2-1-3-29(19-25)77(63,64)65)50-39(49-37)46-26-5-4-23-18-32(75-74-73-60)34(35(57)30(23)20-26)55-54-31-21-27(8-11-33(31)78(66,67)68)47-41-51-40(52-42(53-41)56-14-12-22(13-15-56)36(58)59)44-24-6-9-28(10-7-24)76(61,62)17-16-72-79(69,70)71;;;;/h1-15,18-21H,16-17H2,(H9-,44,45,46,47,48,49,50,51,52,53,54,55,57,58,59,60,63,64,65,66,67,68,69,70,71);;;;/q;4*+1/p-4. The fourth-order valence-corrected chi connectivity index (χ4v) is 9.96. The molecular weight excluding hydrogens is 1260 g/mol. The van der Waals surface area contributed by atoms with E-state index in [9.17, 15) is 67.6 Å². The maximum atomic E-state index is 12.7. The summed E-state index contributed by atoms with van der Waals surface area (Å²) in [4.78, 5) is 34.8. The molecule has 0 amide bonds. The summed E-state index contributed by atoms with van der Waals surface area (Å²) < 4.78 is 140. The number of pyridine rings is 1. The van der Waals surface area contributed by atoms with Crippen LogP contribution in [0.25, 0.3) is 16.7 Å². The number of nitrogens with zero attached hydrogens (tertiary/aromatic N) is 9. The molecule has 0 bridgehead atoms. The van der Waals surface area contributed by atoms with Crippen LogP contribution in [0.4, 0.5) is 57.9 Å². The van der Waals surface area contributed by atoms with E-state index in [1.165, 1.54) is 77.6 Å². The molecule has 8 rings (SSSR count). The molecule has 8 aromatic rings. The fourth-order valence-electron chi connectivity index (χ4n) is 6.72. The Kier molecular flexibility index (Phi) is 26.1. The number of rotatable bonds is 22. The molecular formula is C42H28ClN13Na4O18S5. The van der Waals surface area contributed by atoms with Gasteiger partial charge in [-0.25, -0.2) is 38.2 Å². The molecule has 3 heterocycles. The Labute approximate surface area is 567 Å². The molecule has 5 N–H and O–H groups in total. The third-order valence-electron chi connectivity index (χ3n) is 10.2. The van der Waals surface area contributed by atoms with Crippen molar-refractivity contribution in [2.75, 3.05) is 33.6 Å². The molecule has 0 fully saturated rings. The number of carbonyl (C=O) groups excluding carboxylic acids is 1. The van der Waals surface area contributed by atoms with Crippen LogP contribution in [-0.4, -0.2) is 101 Å². The van der Waals surface area contributed by atoms with Crippen LogP contribution in [0, 0.1) is 0 Å². The van der Waals surface area contributed by atoms with Crippen LogP contribution in [0.15, 0.2) is 145 Å². The number of halogens is 1. The monoisotopic (exact) mass is 1290 g/mol. The van der Waals surface area contributed by atoms with Crippen LogP contribution in [-0.2, 0) is 54.0 Å². The number of aromatic nitrogens is 7. The number of hydrogen-bond acceptors (Lipinski definition) is 31. The van der Waals surface area contributed by atoms with Crippen molar-refractivity contribution in [1.82, 2.24) is 29.9 Å². The van der Waals surface area contributed by atoms with Crippen LogP contribution in [0.5, 0.6) is 5.75 Å². The number of phenolic OH excluding ortho intramolecular Hbond substituents is 1. The van der Waals surface area contributed by atoms with Gasteiger partial charge in [-0.15, -0.1) is 15.2 Å². The van der Waals surface area contributed by atoms with Crippen LogP contribution < -0.4 is 154 Å². The Morgan fingerprint density at radius 2 is 1.20 bits per heavy atom. The van der Waals surface area contributed by atoms with E-state index in [1.54, 1.807) is 0 Å². The average molecular weight is 1290 g/mol. The molecule has 0 unspecified atom stereocenters. The Morgan fingerprint density at radius 1 is 0.651 bits per heavy atom. The number of carbonyl (C=O) groups is 1. The number of phenols is 1. The second-order valence-electron chi connectivity index (χ2n) is 15.4. The van der Waals surface area contributed by atoms with Crippen molar-refractivity contribution in [3.63, 3.8) is 0 Å². The van der Waals surface area contributed by atoms with E-state index < -0.39 is 85.7 Å². The van der Waals surface area contributed by atoms with Crippen molar-refractivity contribution in [1.29, 1.82) is 0 Å².